The fraction of sp³-hybridized carbons (Fsp3) is 0.333. The second kappa shape index (κ2) is 6.58. The van der Waals surface area contributed by atoms with E-state index in [2.05, 4.69) is 10.6 Å². The molecule has 6 heteroatoms. The van der Waals surface area contributed by atoms with E-state index in [9.17, 15) is 4.79 Å². The molecule has 0 aromatic heterocycles. The number of rotatable bonds is 4. The number of hydrogen-bond acceptors (Lipinski definition) is 4. The van der Waals surface area contributed by atoms with Crippen LogP contribution in [0.4, 0.5) is 0 Å². The molecule has 21 heavy (non-hydrogen) atoms. The third-order valence-corrected chi connectivity index (χ3v) is 3.43. The monoisotopic (exact) mass is 306 g/mol. The van der Waals surface area contributed by atoms with Gasteiger partial charge in [-0.15, -0.1) is 0 Å². The highest BCUT2D eigenvalue weighted by atomic mass is 32.1. The molecule has 1 aromatic rings. The fourth-order valence-electron chi connectivity index (χ4n) is 2.22. The molecule has 0 bridgehead atoms. The van der Waals surface area contributed by atoms with Crippen LogP contribution in [0, 0.1) is 0 Å². The highest BCUT2D eigenvalue weighted by Crippen LogP contribution is 2.28. The molecule has 0 unspecified atom stereocenters. The number of hydrogen-bond donors (Lipinski definition) is 2. The highest BCUT2D eigenvalue weighted by molar-refractivity contribution is 7.80. The molecule has 1 aliphatic heterocycles. The molecule has 1 atom stereocenters. The standard InChI is InChI=1S/C15H18N2O3S/c1-4-20-14(18)12-9(2)16-15(21)17-13(12)10-5-7-11(19-3)8-6-10/h5-8,13H,4H2,1-3H3,(H2,16,17,21)/t13-/m1/s1. The van der Waals surface area contributed by atoms with Gasteiger partial charge in [-0.1, -0.05) is 12.1 Å². The van der Waals surface area contributed by atoms with Crippen molar-refractivity contribution >= 4 is 23.3 Å². The average molecular weight is 306 g/mol. The number of nitrogens with one attached hydrogen (secondary N) is 2. The Labute approximate surface area is 129 Å². The average Bonchev–Trinajstić information content (AvgIpc) is 2.46. The molecule has 0 fully saturated rings. The SMILES string of the molecule is CCOC(=O)C1=C(C)NC(=S)N[C@@H]1c1ccc(OC)cc1. The van der Waals surface area contributed by atoms with Crippen molar-refractivity contribution in [3.63, 3.8) is 0 Å². The second-order valence-electron chi connectivity index (χ2n) is 4.56. The van der Waals surface area contributed by atoms with Gasteiger partial charge in [0.2, 0.25) is 0 Å². The number of carbonyl (C=O) groups excluding carboxylic acids is 1. The number of esters is 1. The molecule has 2 N–H and O–H groups in total. The van der Waals surface area contributed by atoms with E-state index in [0.717, 1.165) is 11.3 Å². The molecule has 0 spiro atoms. The number of methoxy groups -OCH3 is 1. The summed E-state index contributed by atoms with van der Waals surface area (Å²) in [5.74, 6) is 0.409. The quantitative estimate of drug-likeness (QED) is 0.656. The molecule has 1 heterocycles. The van der Waals surface area contributed by atoms with E-state index in [4.69, 9.17) is 21.7 Å². The lowest BCUT2D eigenvalue weighted by molar-refractivity contribution is -0.139. The molecule has 0 amide bonds. The molecule has 0 aliphatic carbocycles. The van der Waals surface area contributed by atoms with E-state index in [1.807, 2.05) is 31.2 Å². The summed E-state index contributed by atoms with van der Waals surface area (Å²) in [6, 6.07) is 7.16. The summed E-state index contributed by atoms with van der Waals surface area (Å²) in [7, 11) is 1.61. The Kier molecular flexibility index (Phi) is 4.80. The Morgan fingerprint density at radius 2 is 2.00 bits per heavy atom. The maximum atomic E-state index is 12.2. The summed E-state index contributed by atoms with van der Waals surface area (Å²) in [5.41, 5.74) is 2.16. The van der Waals surface area contributed by atoms with E-state index >= 15 is 0 Å². The molecule has 0 saturated heterocycles. The minimum Gasteiger partial charge on any atom is -0.497 e. The number of carbonyl (C=O) groups is 1. The smallest absolute Gasteiger partial charge is 0.338 e. The Hall–Kier alpha value is -2.08. The summed E-state index contributed by atoms with van der Waals surface area (Å²) >= 11 is 5.18. The lowest BCUT2D eigenvalue weighted by Gasteiger charge is -2.29. The molecular formula is C15H18N2O3S. The Bertz CT molecular complexity index is 581. The van der Waals surface area contributed by atoms with Crippen molar-refractivity contribution in [3.05, 3.63) is 41.1 Å². The summed E-state index contributed by atoms with van der Waals surface area (Å²) < 4.78 is 10.3. The van der Waals surface area contributed by atoms with Gasteiger partial charge in [0.1, 0.15) is 5.75 Å². The van der Waals surface area contributed by atoms with E-state index in [1.165, 1.54) is 0 Å². The molecule has 112 valence electrons. The van der Waals surface area contributed by atoms with Gasteiger partial charge < -0.3 is 20.1 Å². The Morgan fingerprint density at radius 3 is 2.57 bits per heavy atom. The van der Waals surface area contributed by atoms with Crippen molar-refractivity contribution in [2.24, 2.45) is 0 Å². The van der Waals surface area contributed by atoms with Crippen molar-refractivity contribution in [3.8, 4) is 5.75 Å². The van der Waals surface area contributed by atoms with Crippen molar-refractivity contribution in [2.75, 3.05) is 13.7 Å². The van der Waals surface area contributed by atoms with Gasteiger partial charge >= 0.3 is 5.97 Å². The number of allylic oxidation sites excluding steroid dienone is 1. The van der Waals surface area contributed by atoms with Gasteiger partial charge in [-0.05, 0) is 43.8 Å². The molecule has 2 rings (SSSR count). The third-order valence-electron chi connectivity index (χ3n) is 3.21. The van der Waals surface area contributed by atoms with Gasteiger partial charge in [0.05, 0.1) is 25.3 Å². The van der Waals surface area contributed by atoms with Crippen LogP contribution in [-0.2, 0) is 9.53 Å². The van der Waals surface area contributed by atoms with Crippen LogP contribution in [0.1, 0.15) is 25.5 Å². The zero-order valence-electron chi connectivity index (χ0n) is 12.2. The highest BCUT2D eigenvalue weighted by Gasteiger charge is 2.30. The first-order valence-corrected chi connectivity index (χ1v) is 7.07. The summed E-state index contributed by atoms with van der Waals surface area (Å²) in [6.07, 6.45) is 0. The first-order chi connectivity index (χ1) is 10.1. The van der Waals surface area contributed by atoms with E-state index in [0.29, 0.717) is 23.0 Å². The van der Waals surface area contributed by atoms with Gasteiger partial charge in [0.25, 0.3) is 0 Å². The van der Waals surface area contributed by atoms with Gasteiger partial charge in [0.15, 0.2) is 5.11 Å². The number of thiocarbonyl (C=S) groups is 1. The second-order valence-corrected chi connectivity index (χ2v) is 4.97. The van der Waals surface area contributed by atoms with Gasteiger partial charge in [-0.2, -0.15) is 0 Å². The van der Waals surface area contributed by atoms with Crippen LogP contribution in [0.3, 0.4) is 0 Å². The van der Waals surface area contributed by atoms with Crippen LogP contribution in [0.5, 0.6) is 5.75 Å². The van der Waals surface area contributed by atoms with Crippen molar-refractivity contribution in [2.45, 2.75) is 19.9 Å². The van der Waals surface area contributed by atoms with Gasteiger partial charge in [-0.25, -0.2) is 4.79 Å². The molecule has 1 aromatic carbocycles. The summed E-state index contributed by atoms with van der Waals surface area (Å²) in [4.78, 5) is 12.2. The molecule has 0 saturated carbocycles. The summed E-state index contributed by atoms with van der Waals surface area (Å²) in [5, 5.41) is 6.56. The van der Waals surface area contributed by atoms with Crippen LogP contribution in [0.15, 0.2) is 35.5 Å². The van der Waals surface area contributed by atoms with Crippen molar-refractivity contribution in [1.82, 2.24) is 10.6 Å². The first-order valence-electron chi connectivity index (χ1n) is 6.66. The minimum absolute atomic E-state index is 0.329. The van der Waals surface area contributed by atoms with Crippen molar-refractivity contribution < 1.29 is 14.3 Å². The van der Waals surface area contributed by atoms with E-state index in [1.54, 1.807) is 14.0 Å². The number of ether oxygens (including phenoxy) is 2. The Balaban J connectivity index is 2.39. The predicted octanol–water partition coefficient (Wildman–Crippen LogP) is 2.05. The fourth-order valence-corrected chi connectivity index (χ4v) is 2.49. The van der Waals surface area contributed by atoms with Crippen molar-refractivity contribution in [1.29, 1.82) is 0 Å². The molecule has 1 aliphatic rings. The van der Waals surface area contributed by atoms with Crippen LogP contribution in [-0.4, -0.2) is 24.8 Å². The molecule has 0 radical (unpaired) electrons. The molecular weight excluding hydrogens is 288 g/mol. The third kappa shape index (κ3) is 3.33. The van der Waals surface area contributed by atoms with Crippen LogP contribution >= 0.6 is 12.2 Å². The zero-order valence-corrected chi connectivity index (χ0v) is 13.0. The Morgan fingerprint density at radius 1 is 1.33 bits per heavy atom. The lowest BCUT2D eigenvalue weighted by atomic mass is 9.95. The van der Waals surface area contributed by atoms with Gasteiger partial charge in [0, 0.05) is 5.70 Å². The first kappa shape index (κ1) is 15.3. The summed E-state index contributed by atoms with van der Waals surface area (Å²) in [6.45, 7) is 3.93. The number of benzene rings is 1. The largest absolute Gasteiger partial charge is 0.497 e. The van der Waals surface area contributed by atoms with E-state index < -0.39 is 0 Å². The topological polar surface area (TPSA) is 59.6 Å². The maximum Gasteiger partial charge on any atom is 0.338 e. The van der Waals surface area contributed by atoms with Crippen LogP contribution in [0.25, 0.3) is 0 Å². The van der Waals surface area contributed by atoms with Gasteiger partial charge in [-0.3, -0.25) is 0 Å². The van der Waals surface area contributed by atoms with Crippen LogP contribution < -0.4 is 15.4 Å². The normalized spacial score (nSPS) is 17.9. The van der Waals surface area contributed by atoms with E-state index in [-0.39, 0.29) is 12.0 Å². The maximum absolute atomic E-state index is 12.2. The molecule has 5 nitrogen and oxygen atoms in total. The zero-order chi connectivity index (χ0) is 15.4. The minimum atomic E-state index is -0.349. The lowest BCUT2D eigenvalue weighted by Crippen LogP contribution is -2.45. The predicted molar refractivity (Wildman–Crippen MR) is 83.9 cm³/mol. The van der Waals surface area contributed by atoms with Crippen LogP contribution in [0.2, 0.25) is 0 Å².